The molecule has 0 saturated carbocycles. The Morgan fingerprint density at radius 1 is 1.40 bits per heavy atom. The van der Waals surface area contributed by atoms with Crippen LogP contribution in [-0.4, -0.2) is 46.5 Å². The van der Waals surface area contributed by atoms with Gasteiger partial charge in [0.1, 0.15) is 5.69 Å². The molecule has 25 heavy (non-hydrogen) atoms. The molecule has 5 nitrogen and oxygen atoms in total. The van der Waals surface area contributed by atoms with Crippen LogP contribution in [0.4, 0.5) is 0 Å². The second kappa shape index (κ2) is 6.61. The number of carbonyl (C=O) groups is 1. The first-order chi connectivity index (χ1) is 12.2. The van der Waals surface area contributed by atoms with Crippen molar-refractivity contribution in [2.45, 2.75) is 25.8 Å². The summed E-state index contributed by atoms with van der Waals surface area (Å²) in [7, 11) is 1.85. The fraction of sp³-hybridized carbons (Fsp3) is 0.368. The lowest BCUT2D eigenvalue weighted by molar-refractivity contribution is 0.0704. The number of aryl methyl sites for hydroxylation is 1. The first kappa shape index (κ1) is 16.3. The molecule has 2 aromatic heterocycles. The summed E-state index contributed by atoms with van der Waals surface area (Å²) >= 11 is 1.50. The van der Waals surface area contributed by atoms with Crippen molar-refractivity contribution in [2.24, 2.45) is 0 Å². The minimum absolute atomic E-state index is 0.0204. The Kier molecular flexibility index (Phi) is 4.31. The fourth-order valence-electron chi connectivity index (χ4n) is 3.16. The van der Waals surface area contributed by atoms with Crippen LogP contribution in [0.3, 0.4) is 0 Å². The Balaban J connectivity index is 1.64. The summed E-state index contributed by atoms with van der Waals surface area (Å²) in [6.07, 6.45) is 3.88. The highest BCUT2D eigenvalue weighted by Gasteiger charge is 2.27. The molecular weight excluding hydrogens is 334 g/mol. The van der Waals surface area contributed by atoms with E-state index in [2.05, 4.69) is 36.2 Å². The Labute approximate surface area is 150 Å². The van der Waals surface area contributed by atoms with Crippen molar-refractivity contribution in [3.8, 4) is 11.3 Å². The van der Waals surface area contributed by atoms with Gasteiger partial charge in [-0.15, -0.1) is 11.3 Å². The van der Waals surface area contributed by atoms with Gasteiger partial charge in [-0.25, -0.2) is 4.98 Å². The summed E-state index contributed by atoms with van der Waals surface area (Å²) in [6, 6.07) is 8.60. The molecule has 1 saturated heterocycles. The number of likely N-dealkylation sites (N-methyl/N-ethyl adjacent to an activating group) is 1. The SMILES string of the molecule is CCc1ccc(-c2cn3c(C(=O)N(C)[C@@H]4CCOC4)csc3n2)cc1. The highest BCUT2D eigenvalue weighted by molar-refractivity contribution is 7.15. The Morgan fingerprint density at radius 3 is 2.88 bits per heavy atom. The molecule has 0 radical (unpaired) electrons. The van der Waals surface area contributed by atoms with Crippen molar-refractivity contribution in [3.05, 3.63) is 47.1 Å². The van der Waals surface area contributed by atoms with E-state index in [1.807, 2.05) is 23.0 Å². The van der Waals surface area contributed by atoms with Crippen LogP contribution in [0.15, 0.2) is 35.8 Å². The molecule has 0 aliphatic carbocycles. The standard InChI is InChI=1S/C19H21N3O2S/c1-3-13-4-6-14(7-5-13)16-10-22-17(12-25-19(22)20-16)18(23)21(2)15-8-9-24-11-15/h4-7,10,12,15H,3,8-9,11H2,1-2H3/t15-/m1/s1. The number of hydrogen-bond donors (Lipinski definition) is 0. The lowest BCUT2D eigenvalue weighted by Crippen LogP contribution is -2.37. The van der Waals surface area contributed by atoms with Crippen molar-refractivity contribution in [3.63, 3.8) is 0 Å². The van der Waals surface area contributed by atoms with Gasteiger partial charge in [-0.05, 0) is 18.4 Å². The van der Waals surface area contributed by atoms with E-state index >= 15 is 0 Å². The summed E-state index contributed by atoms with van der Waals surface area (Å²) in [4.78, 5) is 20.2. The highest BCUT2D eigenvalue weighted by atomic mass is 32.1. The smallest absolute Gasteiger partial charge is 0.271 e. The molecule has 1 fully saturated rings. The third-order valence-corrected chi connectivity index (χ3v) is 5.70. The molecule has 130 valence electrons. The van der Waals surface area contributed by atoms with Gasteiger partial charge in [-0.1, -0.05) is 31.2 Å². The maximum absolute atomic E-state index is 12.9. The summed E-state index contributed by atoms with van der Waals surface area (Å²) in [5, 5.41) is 1.89. The number of thiazole rings is 1. The molecule has 3 heterocycles. The molecule has 1 aromatic carbocycles. The number of benzene rings is 1. The number of rotatable bonds is 4. The zero-order chi connectivity index (χ0) is 17.4. The number of carbonyl (C=O) groups excluding carboxylic acids is 1. The molecule has 4 rings (SSSR count). The number of amides is 1. The fourth-order valence-corrected chi connectivity index (χ4v) is 4.01. The number of ether oxygens (including phenoxy) is 1. The van der Waals surface area contributed by atoms with Crippen molar-refractivity contribution >= 4 is 22.2 Å². The maximum Gasteiger partial charge on any atom is 0.271 e. The van der Waals surface area contributed by atoms with Crippen LogP contribution in [0, 0.1) is 0 Å². The molecule has 1 aliphatic heterocycles. The second-order valence-electron chi connectivity index (χ2n) is 6.38. The quantitative estimate of drug-likeness (QED) is 0.720. The Morgan fingerprint density at radius 2 is 2.20 bits per heavy atom. The molecular formula is C19H21N3O2S. The molecule has 3 aromatic rings. The number of fused-ring (bicyclic) bond motifs is 1. The summed E-state index contributed by atoms with van der Waals surface area (Å²) in [5.74, 6) is 0.0204. The highest BCUT2D eigenvalue weighted by Crippen LogP contribution is 2.25. The molecule has 0 unspecified atom stereocenters. The maximum atomic E-state index is 12.9. The normalized spacial score (nSPS) is 17.3. The van der Waals surface area contributed by atoms with Gasteiger partial charge >= 0.3 is 0 Å². The third kappa shape index (κ3) is 2.96. The molecule has 6 heteroatoms. The minimum atomic E-state index is 0.0204. The Hall–Kier alpha value is -2.18. The van der Waals surface area contributed by atoms with E-state index in [1.54, 1.807) is 4.90 Å². The van der Waals surface area contributed by atoms with Gasteiger partial charge in [-0.2, -0.15) is 0 Å². The number of nitrogens with zero attached hydrogens (tertiary/aromatic N) is 3. The average molecular weight is 355 g/mol. The third-order valence-electron chi connectivity index (χ3n) is 4.86. The van der Waals surface area contributed by atoms with Crippen LogP contribution in [0.1, 0.15) is 29.4 Å². The lowest BCUT2D eigenvalue weighted by Gasteiger charge is -2.22. The van der Waals surface area contributed by atoms with E-state index in [-0.39, 0.29) is 11.9 Å². The van der Waals surface area contributed by atoms with E-state index in [1.165, 1.54) is 16.9 Å². The van der Waals surface area contributed by atoms with E-state index in [0.29, 0.717) is 12.3 Å². The van der Waals surface area contributed by atoms with Crippen molar-refractivity contribution < 1.29 is 9.53 Å². The van der Waals surface area contributed by atoms with Gasteiger partial charge in [0.2, 0.25) is 0 Å². The predicted octanol–water partition coefficient (Wildman–Crippen LogP) is 3.49. The van der Waals surface area contributed by atoms with Gasteiger partial charge in [0.15, 0.2) is 4.96 Å². The van der Waals surface area contributed by atoms with Crippen molar-refractivity contribution in [1.29, 1.82) is 0 Å². The van der Waals surface area contributed by atoms with Crippen LogP contribution in [0.25, 0.3) is 16.2 Å². The molecule has 0 spiro atoms. The van der Waals surface area contributed by atoms with Crippen molar-refractivity contribution in [2.75, 3.05) is 20.3 Å². The van der Waals surface area contributed by atoms with Gasteiger partial charge in [0.25, 0.3) is 5.91 Å². The van der Waals surface area contributed by atoms with Crippen LogP contribution < -0.4 is 0 Å². The van der Waals surface area contributed by atoms with Crippen LogP contribution in [0.5, 0.6) is 0 Å². The Bertz CT molecular complexity index is 891. The lowest BCUT2D eigenvalue weighted by atomic mass is 10.1. The van der Waals surface area contributed by atoms with Crippen LogP contribution >= 0.6 is 11.3 Å². The van der Waals surface area contributed by atoms with E-state index < -0.39 is 0 Å². The first-order valence-corrected chi connectivity index (χ1v) is 9.46. The monoisotopic (exact) mass is 355 g/mol. The zero-order valence-electron chi connectivity index (χ0n) is 14.4. The van der Waals surface area contributed by atoms with Gasteiger partial charge in [-0.3, -0.25) is 9.20 Å². The average Bonchev–Trinajstić information content (AvgIpc) is 3.37. The minimum Gasteiger partial charge on any atom is -0.379 e. The van der Waals surface area contributed by atoms with Gasteiger partial charge < -0.3 is 9.64 Å². The van der Waals surface area contributed by atoms with Crippen LogP contribution in [-0.2, 0) is 11.2 Å². The molecule has 0 N–H and O–H groups in total. The van der Waals surface area contributed by atoms with E-state index in [9.17, 15) is 4.79 Å². The van der Waals surface area contributed by atoms with E-state index in [0.717, 1.165) is 35.7 Å². The second-order valence-corrected chi connectivity index (χ2v) is 7.22. The molecule has 1 aliphatic rings. The van der Waals surface area contributed by atoms with Crippen LogP contribution in [0.2, 0.25) is 0 Å². The van der Waals surface area contributed by atoms with Crippen molar-refractivity contribution in [1.82, 2.24) is 14.3 Å². The molecule has 1 amide bonds. The van der Waals surface area contributed by atoms with E-state index in [4.69, 9.17) is 4.74 Å². The molecule has 0 bridgehead atoms. The number of hydrogen-bond acceptors (Lipinski definition) is 4. The summed E-state index contributed by atoms with van der Waals surface area (Å²) in [5.41, 5.74) is 3.94. The van der Waals surface area contributed by atoms with Gasteiger partial charge in [0, 0.05) is 30.8 Å². The largest absolute Gasteiger partial charge is 0.379 e. The number of imidazole rings is 1. The molecule has 1 atom stereocenters. The topological polar surface area (TPSA) is 46.8 Å². The predicted molar refractivity (Wildman–Crippen MR) is 99.2 cm³/mol. The van der Waals surface area contributed by atoms with Gasteiger partial charge in [0.05, 0.1) is 18.3 Å². The number of aromatic nitrogens is 2. The zero-order valence-corrected chi connectivity index (χ0v) is 15.3. The summed E-state index contributed by atoms with van der Waals surface area (Å²) in [6.45, 7) is 3.49. The summed E-state index contributed by atoms with van der Waals surface area (Å²) < 4.78 is 7.31. The first-order valence-electron chi connectivity index (χ1n) is 8.58.